The van der Waals surface area contributed by atoms with E-state index in [1.807, 2.05) is 29.2 Å². The van der Waals surface area contributed by atoms with Gasteiger partial charge < -0.3 is 14.5 Å². The van der Waals surface area contributed by atoms with Crippen molar-refractivity contribution in [2.24, 2.45) is 0 Å². The lowest BCUT2D eigenvalue weighted by Crippen LogP contribution is -3.18. The quantitative estimate of drug-likeness (QED) is 0.795. The van der Waals surface area contributed by atoms with Crippen LogP contribution in [0.4, 0.5) is 0 Å². The molecule has 1 aromatic carbocycles. The van der Waals surface area contributed by atoms with Crippen molar-refractivity contribution < 1.29 is 22.8 Å². The van der Waals surface area contributed by atoms with Crippen molar-refractivity contribution in [3.05, 3.63) is 29.8 Å². The van der Waals surface area contributed by atoms with Crippen molar-refractivity contribution in [2.75, 3.05) is 44.3 Å². The minimum absolute atomic E-state index is 0.00649. The minimum Gasteiger partial charge on any atom is -0.484 e. The highest BCUT2D eigenvalue weighted by molar-refractivity contribution is 7.91. The second-order valence-corrected chi connectivity index (χ2v) is 10.9. The monoisotopic (exact) mass is 395 g/mol. The van der Waals surface area contributed by atoms with E-state index < -0.39 is 9.84 Å². The first kappa shape index (κ1) is 20.1. The summed E-state index contributed by atoms with van der Waals surface area (Å²) in [7, 11) is -2.85. The number of carbonyl (C=O) groups is 1. The number of rotatable bonds is 4. The summed E-state index contributed by atoms with van der Waals surface area (Å²) in [5.74, 6) is 1.31. The van der Waals surface area contributed by atoms with Crippen LogP contribution in [0, 0.1) is 0 Å². The summed E-state index contributed by atoms with van der Waals surface area (Å²) in [4.78, 5) is 15.6. The minimum atomic E-state index is -2.85. The Hall–Kier alpha value is -1.60. The van der Waals surface area contributed by atoms with Crippen LogP contribution in [0.25, 0.3) is 0 Å². The maximum atomic E-state index is 12.4. The zero-order valence-electron chi connectivity index (χ0n) is 16.5. The number of nitrogens with zero attached hydrogens (tertiary/aromatic N) is 1. The van der Waals surface area contributed by atoms with Crippen molar-refractivity contribution in [2.45, 2.75) is 38.6 Å². The lowest BCUT2D eigenvalue weighted by Gasteiger charge is -2.34. The molecule has 1 amide bonds. The number of benzene rings is 1. The molecule has 27 heavy (non-hydrogen) atoms. The molecule has 0 saturated carbocycles. The Morgan fingerprint density at radius 1 is 1.19 bits per heavy atom. The van der Waals surface area contributed by atoms with E-state index >= 15 is 0 Å². The SMILES string of the molecule is CC(C)(C)c1ccc(OCC(=O)N2CC[NH+]([C@@H]3CCS(=O)(=O)C3)CC2)cc1. The van der Waals surface area contributed by atoms with E-state index in [1.165, 1.54) is 10.5 Å². The number of hydrogen-bond acceptors (Lipinski definition) is 4. The highest BCUT2D eigenvalue weighted by atomic mass is 32.2. The molecule has 0 aromatic heterocycles. The van der Waals surface area contributed by atoms with E-state index in [2.05, 4.69) is 20.8 Å². The zero-order valence-corrected chi connectivity index (χ0v) is 17.3. The Kier molecular flexibility index (Phi) is 5.82. The predicted octanol–water partition coefficient (Wildman–Crippen LogP) is 0.277. The number of ether oxygens (including phenoxy) is 1. The van der Waals surface area contributed by atoms with Gasteiger partial charge >= 0.3 is 0 Å². The van der Waals surface area contributed by atoms with Gasteiger partial charge in [0.2, 0.25) is 0 Å². The van der Waals surface area contributed by atoms with E-state index in [9.17, 15) is 13.2 Å². The van der Waals surface area contributed by atoms with Crippen molar-refractivity contribution in [3.8, 4) is 5.75 Å². The predicted molar refractivity (Wildman–Crippen MR) is 105 cm³/mol. The second kappa shape index (κ2) is 7.80. The Balaban J connectivity index is 1.44. The molecule has 1 N–H and O–H groups in total. The molecule has 0 radical (unpaired) electrons. The number of carbonyl (C=O) groups excluding carboxylic acids is 1. The molecule has 150 valence electrons. The smallest absolute Gasteiger partial charge is 0.260 e. The van der Waals surface area contributed by atoms with Gasteiger partial charge in [-0.05, 0) is 23.1 Å². The van der Waals surface area contributed by atoms with Gasteiger partial charge in [0.25, 0.3) is 5.91 Å². The Morgan fingerprint density at radius 3 is 2.33 bits per heavy atom. The molecular formula is C20H31N2O4S+. The topological polar surface area (TPSA) is 68.1 Å². The van der Waals surface area contributed by atoms with E-state index in [-0.39, 0.29) is 24.0 Å². The molecule has 0 aliphatic carbocycles. The maximum absolute atomic E-state index is 12.4. The summed E-state index contributed by atoms with van der Waals surface area (Å²) in [6, 6.07) is 8.10. The van der Waals surface area contributed by atoms with Gasteiger partial charge in [0.05, 0.1) is 31.9 Å². The second-order valence-electron chi connectivity index (χ2n) is 8.70. The first-order valence-corrected chi connectivity index (χ1v) is 11.5. The molecule has 3 rings (SSSR count). The first-order chi connectivity index (χ1) is 12.6. The normalized spacial score (nSPS) is 23.4. The molecule has 0 bridgehead atoms. The van der Waals surface area contributed by atoms with Gasteiger partial charge in [-0.25, -0.2) is 8.42 Å². The van der Waals surface area contributed by atoms with Gasteiger partial charge in [-0.1, -0.05) is 32.9 Å². The molecule has 1 aromatic rings. The van der Waals surface area contributed by atoms with E-state index in [4.69, 9.17) is 4.74 Å². The van der Waals surface area contributed by atoms with Crippen molar-refractivity contribution in [1.82, 2.24) is 4.90 Å². The van der Waals surface area contributed by atoms with Gasteiger partial charge in [0.15, 0.2) is 16.4 Å². The van der Waals surface area contributed by atoms with Crippen LogP contribution in [0.15, 0.2) is 24.3 Å². The van der Waals surface area contributed by atoms with Crippen molar-refractivity contribution >= 4 is 15.7 Å². The van der Waals surface area contributed by atoms with Crippen LogP contribution in [0.2, 0.25) is 0 Å². The van der Waals surface area contributed by atoms with Crippen LogP contribution < -0.4 is 9.64 Å². The summed E-state index contributed by atoms with van der Waals surface area (Å²) in [6.45, 7) is 9.48. The van der Waals surface area contributed by atoms with Gasteiger partial charge in [-0.2, -0.15) is 0 Å². The van der Waals surface area contributed by atoms with E-state index in [1.54, 1.807) is 0 Å². The van der Waals surface area contributed by atoms with Crippen LogP contribution in [0.5, 0.6) is 5.75 Å². The maximum Gasteiger partial charge on any atom is 0.260 e. The zero-order chi connectivity index (χ0) is 19.7. The molecule has 2 fully saturated rings. The number of quaternary nitrogens is 1. The highest BCUT2D eigenvalue weighted by Gasteiger charge is 2.37. The summed E-state index contributed by atoms with van der Waals surface area (Å²) in [6.07, 6.45) is 0.749. The number of nitrogens with one attached hydrogen (secondary N) is 1. The third-order valence-electron chi connectivity index (χ3n) is 5.65. The van der Waals surface area contributed by atoms with Gasteiger partial charge in [-0.3, -0.25) is 4.79 Å². The number of sulfone groups is 1. The van der Waals surface area contributed by atoms with Crippen LogP contribution >= 0.6 is 0 Å². The summed E-state index contributed by atoms with van der Waals surface area (Å²) >= 11 is 0. The molecule has 2 aliphatic heterocycles. The third-order valence-corrected chi connectivity index (χ3v) is 7.42. The molecule has 2 heterocycles. The molecule has 0 unspecified atom stereocenters. The summed E-state index contributed by atoms with van der Waals surface area (Å²) in [5.41, 5.74) is 1.32. The molecule has 0 spiro atoms. The fourth-order valence-electron chi connectivity index (χ4n) is 3.86. The fourth-order valence-corrected chi connectivity index (χ4v) is 5.68. The number of piperazine rings is 1. The van der Waals surface area contributed by atoms with Crippen LogP contribution in [0.1, 0.15) is 32.8 Å². The lowest BCUT2D eigenvalue weighted by molar-refractivity contribution is -0.925. The molecular weight excluding hydrogens is 364 g/mol. The van der Waals surface area contributed by atoms with Gasteiger partial charge in [-0.15, -0.1) is 0 Å². The van der Waals surface area contributed by atoms with Crippen molar-refractivity contribution in [3.63, 3.8) is 0 Å². The first-order valence-electron chi connectivity index (χ1n) is 9.70. The standard InChI is InChI=1S/C20H30N2O4S/c1-20(2,3)16-4-6-18(7-5-16)26-14-19(23)22-11-9-21(10-12-22)17-8-13-27(24,25)15-17/h4-7,17H,8-15H2,1-3H3/p+1/t17-/m1/s1. The molecule has 7 heteroatoms. The van der Waals surface area contributed by atoms with Gasteiger partial charge in [0.1, 0.15) is 17.5 Å². The van der Waals surface area contributed by atoms with Crippen LogP contribution in [-0.4, -0.2) is 69.6 Å². The average Bonchev–Trinajstić information content (AvgIpc) is 2.99. The number of amides is 1. The Bertz CT molecular complexity index is 760. The molecule has 6 nitrogen and oxygen atoms in total. The van der Waals surface area contributed by atoms with Gasteiger partial charge in [0, 0.05) is 6.42 Å². The Morgan fingerprint density at radius 2 is 1.81 bits per heavy atom. The summed E-state index contributed by atoms with van der Waals surface area (Å²) in [5, 5.41) is 0. The fraction of sp³-hybridized carbons (Fsp3) is 0.650. The van der Waals surface area contributed by atoms with E-state index in [0.717, 1.165) is 19.5 Å². The van der Waals surface area contributed by atoms with E-state index in [0.29, 0.717) is 30.3 Å². The van der Waals surface area contributed by atoms with Crippen molar-refractivity contribution in [1.29, 1.82) is 0 Å². The third kappa shape index (κ3) is 5.23. The largest absolute Gasteiger partial charge is 0.484 e. The highest BCUT2D eigenvalue weighted by Crippen LogP contribution is 2.24. The molecule has 2 aliphatic rings. The average molecular weight is 396 g/mol. The summed E-state index contributed by atoms with van der Waals surface area (Å²) < 4.78 is 29.0. The Labute approximate surface area is 162 Å². The number of hydrogen-bond donors (Lipinski definition) is 1. The molecule has 1 atom stereocenters. The molecule has 2 saturated heterocycles. The van der Waals surface area contributed by atoms with Crippen LogP contribution in [-0.2, 0) is 20.0 Å². The van der Waals surface area contributed by atoms with Crippen LogP contribution in [0.3, 0.4) is 0 Å². The lowest BCUT2D eigenvalue weighted by atomic mass is 9.87.